The maximum atomic E-state index is 14.1. The molecule has 0 aliphatic carbocycles. The fourth-order valence-electron chi connectivity index (χ4n) is 2.94. The summed E-state index contributed by atoms with van der Waals surface area (Å²) < 4.78 is 42.3. The van der Waals surface area contributed by atoms with E-state index in [0.29, 0.717) is 11.3 Å². The number of carbonyl (C=O) groups excluding carboxylic acids is 1. The SMILES string of the molecule is CC(C)(C)C(=O)Nc1cccc(C2=NOC(c3cc(Cl)cc(Cl)c3)(C(F)(F)F)C2)c1. The predicted molar refractivity (Wildman–Crippen MR) is 111 cm³/mol. The molecular weight excluding hydrogens is 440 g/mol. The molecule has 0 radical (unpaired) electrons. The molecule has 30 heavy (non-hydrogen) atoms. The van der Waals surface area contributed by atoms with Gasteiger partial charge in [0.25, 0.3) is 5.60 Å². The summed E-state index contributed by atoms with van der Waals surface area (Å²) >= 11 is 11.8. The molecule has 2 aromatic rings. The molecule has 1 atom stereocenters. The summed E-state index contributed by atoms with van der Waals surface area (Å²) in [5.74, 6) is -0.220. The number of amides is 1. The van der Waals surface area contributed by atoms with Crippen molar-refractivity contribution < 1.29 is 22.8 Å². The summed E-state index contributed by atoms with van der Waals surface area (Å²) in [6, 6.07) is 10.1. The molecule has 1 amide bonds. The Balaban J connectivity index is 1.93. The van der Waals surface area contributed by atoms with Crippen LogP contribution in [0.2, 0.25) is 10.0 Å². The topological polar surface area (TPSA) is 50.7 Å². The third kappa shape index (κ3) is 4.42. The Morgan fingerprint density at radius 1 is 1.10 bits per heavy atom. The molecule has 1 aliphatic heterocycles. The van der Waals surface area contributed by atoms with Crippen molar-refractivity contribution in [3.8, 4) is 0 Å². The standard InChI is InChI=1S/C21H19Cl2F3N2O2/c1-19(2,3)18(29)27-16-6-4-5-12(7-16)17-11-20(30-28-17,21(24,25)26)13-8-14(22)10-15(23)9-13/h4-10H,11H2,1-3H3,(H,27,29). The highest BCUT2D eigenvalue weighted by atomic mass is 35.5. The van der Waals surface area contributed by atoms with E-state index in [-0.39, 0.29) is 27.2 Å². The Bertz CT molecular complexity index is 996. The van der Waals surface area contributed by atoms with Crippen LogP contribution >= 0.6 is 23.2 Å². The van der Waals surface area contributed by atoms with Crippen molar-refractivity contribution in [1.82, 2.24) is 0 Å². The Morgan fingerprint density at radius 3 is 2.30 bits per heavy atom. The zero-order valence-electron chi connectivity index (χ0n) is 16.4. The molecule has 160 valence electrons. The van der Waals surface area contributed by atoms with Crippen molar-refractivity contribution in [1.29, 1.82) is 0 Å². The minimum Gasteiger partial charge on any atom is -0.374 e. The van der Waals surface area contributed by atoms with E-state index >= 15 is 0 Å². The molecule has 1 heterocycles. The van der Waals surface area contributed by atoms with Crippen molar-refractivity contribution in [2.24, 2.45) is 10.6 Å². The lowest BCUT2D eigenvalue weighted by atomic mass is 9.86. The van der Waals surface area contributed by atoms with Crippen LogP contribution in [0, 0.1) is 5.41 Å². The molecule has 0 fully saturated rings. The van der Waals surface area contributed by atoms with Gasteiger partial charge in [-0.2, -0.15) is 13.2 Å². The normalized spacial score (nSPS) is 19.3. The summed E-state index contributed by atoms with van der Waals surface area (Å²) in [7, 11) is 0. The number of hydrogen-bond donors (Lipinski definition) is 1. The first-order valence-corrected chi connectivity index (χ1v) is 9.78. The zero-order chi connectivity index (χ0) is 22.3. The summed E-state index contributed by atoms with van der Waals surface area (Å²) in [5, 5.41) is 6.60. The van der Waals surface area contributed by atoms with Crippen molar-refractivity contribution in [3.63, 3.8) is 0 Å². The van der Waals surface area contributed by atoms with Gasteiger partial charge in [-0.05, 0) is 30.3 Å². The van der Waals surface area contributed by atoms with Crippen molar-refractivity contribution in [3.05, 3.63) is 63.6 Å². The number of alkyl halides is 3. The number of hydrogen-bond acceptors (Lipinski definition) is 3. The van der Waals surface area contributed by atoms with E-state index < -0.39 is 23.6 Å². The smallest absolute Gasteiger partial charge is 0.374 e. The van der Waals surface area contributed by atoms with Crippen LogP contribution in [0.15, 0.2) is 47.6 Å². The van der Waals surface area contributed by atoms with E-state index in [1.54, 1.807) is 45.0 Å². The first-order chi connectivity index (χ1) is 13.8. The van der Waals surface area contributed by atoms with E-state index in [1.165, 1.54) is 18.2 Å². The second-order valence-electron chi connectivity index (χ2n) is 8.07. The Morgan fingerprint density at radius 2 is 1.73 bits per heavy atom. The van der Waals surface area contributed by atoms with E-state index in [1.807, 2.05) is 0 Å². The molecule has 4 nitrogen and oxygen atoms in total. The van der Waals surface area contributed by atoms with Gasteiger partial charge in [0.15, 0.2) is 0 Å². The van der Waals surface area contributed by atoms with Gasteiger partial charge in [0.05, 0.1) is 5.71 Å². The maximum Gasteiger partial charge on any atom is 0.435 e. The van der Waals surface area contributed by atoms with Crippen LogP contribution < -0.4 is 5.32 Å². The Kier molecular flexibility index (Phi) is 5.82. The molecule has 0 spiro atoms. The van der Waals surface area contributed by atoms with Gasteiger partial charge >= 0.3 is 6.18 Å². The Labute approximate surface area is 182 Å². The molecule has 0 saturated heterocycles. The number of nitrogens with zero attached hydrogens (tertiary/aromatic N) is 1. The highest BCUT2D eigenvalue weighted by Crippen LogP contribution is 2.49. The fraction of sp³-hybridized carbons (Fsp3) is 0.333. The quantitative estimate of drug-likeness (QED) is 0.565. The maximum absolute atomic E-state index is 14.1. The summed E-state index contributed by atoms with van der Waals surface area (Å²) in [6.07, 6.45) is -5.34. The van der Waals surface area contributed by atoms with E-state index in [2.05, 4.69) is 10.5 Å². The molecule has 1 N–H and O–H groups in total. The van der Waals surface area contributed by atoms with Gasteiger partial charge in [-0.15, -0.1) is 0 Å². The molecule has 0 saturated carbocycles. The van der Waals surface area contributed by atoms with Crippen LogP contribution in [0.5, 0.6) is 0 Å². The first kappa shape index (κ1) is 22.4. The van der Waals surface area contributed by atoms with Gasteiger partial charge in [-0.25, -0.2) is 0 Å². The number of halogens is 5. The highest BCUT2D eigenvalue weighted by molar-refractivity contribution is 6.34. The fourth-order valence-corrected chi connectivity index (χ4v) is 3.47. The molecular formula is C21H19Cl2F3N2O2. The van der Waals surface area contributed by atoms with Gasteiger partial charge in [0, 0.05) is 38.7 Å². The van der Waals surface area contributed by atoms with E-state index in [9.17, 15) is 18.0 Å². The van der Waals surface area contributed by atoms with Gasteiger partial charge in [0.2, 0.25) is 5.91 Å². The molecule has 0 bridgehead atoms. The second kappa shape index (κ2) is 7.78. The second-order valence-corrected chi connectivity index (χ2v) is 8.95. The summed E-state index contributed by atoms with van der Waals surface area (Å²) in [6.45, 7) is 5.28. The molecule has 3 rings (SSSR count). The van der Waals surface area contributed by atoms with Gasteiger partial charge < -0.3 is 10.2 Å². The average Bonchev–Trinajstić information content (AvgIpc) is 3.07. The van der Waals surface area contributed by atoms with E-state index in [4.69, 9.17) is 28.0 Å². The van der Waals surface area contributed by atoms with Crippen molar-refractivity contribution in [2.45, 2.75) is 39.0 Å². The third-order valence-corrected chi connectivity index (χ3v) is 5.09. The van der Waals surface area contributed by atoms with Crippen LogP contribution in [-0.4, -0.2) is 17.8 Å². The van der Waals surface area contributed by atoms with Crippen molar-refractivity contribution in [2.75, 3.05) is 5.32 Å². The third-order valence-electron chi connectivity index (χ3n) is 4.65. The van der Waals surface area contributed by atoms with Gasteiger partial charge in [-0.3, -0.25) is 4.79 Å². The molecule has 2 aromatic carbocycles. The van der Waals surface area contributed by atoms with Crippen LogP contribution in [0.4, 0.5) is 18.9 Å². The largest absolute Gasteiger partial charge is 0.435 e. The summed E-state index contributed by atoms with van der Waals surface area (Å²) in [4.78, 5) is 17.2. The zero-order valence-corrected chi connectivity index (χ0v) is 17.9. The van der Waals surface area contributed by atoms with Crippen LogP contribution in [0.1, 0.15) is 38.3 Å². The monoisotopic (exact) mass is 458 g/mol. The lowest BCUT2D eigenvalue weighted by Crippen LogP contribution is -2.42. The Hall–Kier alpha value is -2.25. The van der Waals surface area contributed by atoms with Gasteiger partial charge in [0.1, 0.15) is 0 Å². The van der Waals surface area contributed by atoms with Crippen LogP contribution in [-0.2, 0) is 15.2 Å². The van der Waals surface area contributed by atoms with Crippen molar-refractivity contribution >= 4 is 40.5 Å². The van der Waals surface area contributed by atoms with Crippen LogP contribution in [0.3, 0.4) is 0 Å². The predicted octanol–water partition coefficient (Wildman–Crippen LogP) is 6.56. The molecule has 9 heteroatoms. The number of rotatable bonds is 3. The highest BCUT2D eigenvalue weighted by Gasteiger charge is 2.62. The first-order valence-electron chi connectivity index (χ1n) is 9.02. The molecule has 1 aliphatic rings. The number of benzene rings is 2. The number of carbonyl (C=O) groups is 1. The summed E-state index contributed by atoms with van der Waals surface area (Å²) in [5.41, 5.74) is -2.62. The molecule has 1 unspecified atom stereocenters. The number of anilines is 1. The number of nitrogens with one attached hydrogen (secondary N) is 1. The molecule has 0 aromatic heterocycles. The van der Waals surface area contributed by atoms with E-state index in [0.717, 1.165) is 0 Å². The minimum absolute atomic E-state index is 0.0602. The minimum atomic E-state index is -4.77. The lowest BCUT2D eigenvalue weighted by molar-refractivity contribution is -0.275. The van der Waals surface area contributed by atoms with Crippen LogP contribution in [0.25, 0.3) is 0 Å². The van der Waals surface area contributed by atoms with Gasteiger partial charge in [-0.1, -0.05) is 61.3 Å². The lowest BCUT2D eigenvalue weighted by Gasteiger charge is -2.29. The average molecular weight is 459 g/mol. The number of oxime groups is 1.